The minimum atomic E-state index is -0.560. The van der Waals surface area contributed by atoms with Crippen LogP contribution in [0.1, 0.15) is 32.0 Å². The average molecular weight is 425 g/mol. The number of benzene rings is 3. The number of aromatic nitrogens is 1. The number of nitrogens with one attached hydrogen (secondary N) is 2. The molecule has 4 aromatic rings. The van der Waals surface area contributed by atoms with E-state index in [0.29, 0.717) is 29.1 Å². The van der Waals surface area contributed by atoms with Crippen LogP contribution in [-0.4, -0.2) is 22.2 Å². The van der Waals surface area contributed by atoms with Crippen LogP contribution < -0.4 is 16.8 Å². The first-order valence-corrected chi connectivity index (χ1v) is 10.2. The quantitative estimate of drug-likeness (QED) is 0.267. The predicted molar refractivity (Wildman–Crippen MR) is 126 cm³/mol. The van der Waals surface area contributed by atoms with Gasteiger partial charge >= 0.3 is 0 Å². The van der Waals surface area contributed by atoms with Crippen molar-refractivity contribution in [1.82, 2.24) is 4.57 Å². The summed E-state index contributed by atoms with van der Waals surface area (Å²) in [7, 11) is 0. The summed E-state index contributed by atoms with van der Waals surface area (Å²) in [4.78, 5) is 24.7. The lowest BCUT2D eigenvalue weighted by Gasteiger charge is -2.12. The third kappa shape index (κ3) is 4.37. The number of carbonyl (C=O) groups excluding carboxylic acids is 2. The van der Waals surface area contributed by atoms with Crippen molar-refractivity contribution in [2.75, 3.05) is 5.32 Å². The van der Waals surface area contributed by atoms with E-state index in [1.54, 1.807) is 30.3 Å². The highest BCUT2D eigenvalue weighted by molar-refractivity contribution is 6.08. The van der Waals surface area contributed by atoms with Crippen LogP contribution >= 0.6 is 0 Å². The standard InChI is InChI=1S/C25H23N5O2/c26-23(27)18-10-9-17-14-22(25(32)29-20-8-4-7-19(13-20)24(28)31)30(21(17)15-18)12-11-16-5-2-1-3-6-16/h1-10,13-15H,11-12H2,(H3,26,27)(H2,28,31)(H,29,32). The van der Waals surface area contributed by atoms with E-state index in [0.717, 1.165) is 22.9 Å². The summed E-state index contributed by atoms with van der Waals surface area (Å²) in [6.45, 7) is 0.568. The molecule has 0 aliphatic rings. The van der Waals surface area contributed by atoms with Gasteiger partial charge < -0.3 is 21.4 Å². The second-order valence-corrected chi connectivity index (χ2v) is 7.50. The average Bonchev–Trinajstić information content (AvgIpc) is 3.16. The normalized spacial score (nSPS) is 10.8. The molecule has 0 saturated heterocycles. The van der Waals surface area contributed by atoms with Gasteiger partial charge in [-0.05, 0) is 42.3 Å². The fraction of sp³-hybridized carbons (Fsp3) is 0.0800. The van der Waals surface area contributed by atoms with Crippen molar-refractivity contribution in [3.63, 3.8) is 0 Å². The number of nitrogens with zero attached hydrogens (tertiary/aromatic N) is 1. The van der Waals surface area contributed by atoms with Crippen molar-refractivity contribution >= 4 is 34.2 Å². The van der Waals surface area contributed by atoms with E-state index in [1.165, 1.54) is 0 Å². The summed E-state index contributed by atoms with van der Waals surface area (Å²) in [5.74, 6) is -0.896. The first kappa shape index (κ1) is 20.9. The van der Waals surface area contributed by atoms with Crippen LogP contribution in [-0.2, 0) is 13.0 Å². The fourth-order valence-corrected chi connectivity index (χ4v) is 3.68. The van der Waals surface area contributed by atoms with Gasteiger partial charge in [0.2, 0.25) is 5.91 Å². The molecule has 32 heavy (non-hydrogen) atoms. The number of primary amides is 1. The number of amides is 2. The molecular weight excluding hydrogens is 402 g/mol. The van der Waals surface area contributed by atoms with Crippen molar-refractivity contribution in [3.05, 3.63) is 101 Å². The van der Waals surface area contributed by atoms with Gasteiger partial charge in [-0.1, -0.05) is 48.5 Å². The maximum atomic E-state index is 13.2. The second kappa shape index (κ2) is 8.77. The molecule has 1 heterocycles. The topological polar surface area (TPSA) is 127 Å². The Bertz CT molecular complexity index is 1320. The molecule has 0 atom stereocenters. The molecule has 0 bridgehead atoms. The molecule has 2 amide bonds. The number of fused-ring (bicyclic) bond motifs is 1. The maximum Gasteiger partial charge on any atom is 0.272 e. The van der Waals surface area contributed by atoms with E-state index in [-0.39, 0.29) is 11.7 Å². The summed E-state index contributed by atoms with van der Waals surface area (Å²) in [5, 5.41) is 11.5. The molecule has 0 spiro atoms. The lowest BCUT2D eigenvalue weighted by molar-refractivity contribution is 0.0994. The van der Waals surface area contributed by atoms with Gasteiger partial charge in [0, 0.05) is 34.3 Å². The lowest BCUT2D eigenvalue weighted by Crippen LogP contribution is -2.18. The third-order valence-corrected chi connectivity index (χ3v) is 5.32. The van der Waals surface area contributed by atoms with E-state index in [1.807, 2.05) is 53.1 Å². The predicted octanol–water partition coefficient (Wildman–Crippen LogP) is 3.52. The number of amidine groups is 1. The van der Waals surface area contributed by atoms with Gasteiger partial charge in [-0.15, -0.1) is 0 Å². The van der Waals surface area contributed by atoms with Gasteiger partial charge in [-0.25, -0.2) is 0 Å². The summed E-state index contributed by atoms with van der Waals surface area (Å²) >= 11 is 0. The first-order valence-electron chi connectivity index (χ1n) is 10.2. The van der Waals surface area contributed by atoms with Crippen molar-refractivity contribution in [2.45, 2.75) is 13.0 Å². The number of nitrogens with two attached hydrogens (primary N) is 2. The summed E-state index contributed by atoms with van der Waals surface area (Å²) in [5.41, 5.74) is 14.9. The molecule has 1 aromatic heterocycles. The number of carbonyl (C=O) groups is 2. The zero-order valence-corrected chi connectivity index (χ0v) is 17.3. The molecule has 0 fully saturated rings. The number of hydrogen-bond acceptors (Lipinski definition) is 3. The number of rotatable bonds is 7. The molecule has 3 aromatic carbocycles. The number of nitrogen functional groups attached to an aromatic ring is 1. The van der Waals surface area contributed by atoms with E-state index >= 15 is 0 Å². The molecule has 160 valence electrons. The van der Waals surface area contributed by atoms with Crippen LogP contribution in [0.4, 0.5) is 5.69 Å². The fourth-order valence-electron chi connectivity index (χ4n) is 3.68. The molecule has 0 aliphatic heterocycles. The van der Waals surface area contributed by atoms with Crippen molar-refractivity contribution in [3.8, 4) is 0 Å². The highest BCUT2D eigenvalue weighted by Gasteiger charge is 2.17. The summed E-state index contributed by atoms with van der Waals surface area (Å²) < 4.78 is 1.93. The Kier molecular flexibility index (Phi) is 5.72. The van der Waals surface area contributed by atoms with Gasteiger partial charge in [0.1, 0.15) is 11.5 Å². The molecule has 7 nitrogen and oxygen atoms in total. The van der Waals surface area contributed by atoms with Crippen LogP contribution in [0.25, 0.3) is 10.9 Å². The summed E-state index contributed by atoms with van der Waals surface area (Å²) in [6, 6.07) is 23.8. The highest BCUT2D eigenvalue weighted by atomic mass is 16.2. The molecule has 0 saturated carbocycles. The Labute approximate surface area is 185 Å². The van der Waals surface area contributed by atoms with E-state index in [4.69, 9.17) is 16.9 Å². The van der Waals surface area contributed by atoms with E-state index in [2.05, 4.69) is 5.32 Å². The van der Waals surface area contributed by atoms with Crippen LogP contribution in [0.3, 0.4) is 0 Å². The smallest absolute Gasteiger partial charge is 0.272 e. The number of anilines is 1. The van der Waals surface area contributed by atoms with Crippen molar-refractivity contribution < 1.29 is 9.59 Å². The van der Waals surface area contributed by atoms with Crippen molar-refractivity contribution in [1.29, 1.82) is 5.41 Å². The zero-order valence-electron chi connectivity index (χ0n) is 17.3. The highest BCUT2D eigenvalue weighted by Crippen LogP contribution is 2.24. The molecule has 0 unspecified atom stereocenters. The van der Waals surface area contributed by atoms with E-state index < -0.39 is 5.91 Å². The first-order chi connectivity index (χ1) is 15.4. The molecule has 7 heteroatoms. The lowest BCUT2D eigenvalue weighted by atomic mass is 10.1. The SMILES string of the molecule is N=C(N)c1ccc2cc(C(=O)Nc3cccc(C(N)=O)c3)n(CCc3ccccc3)c2c1. The Balaban J connectivity index is 1.71. The Morgan fingerprint density at radius 3 is 2.38 bits per heavy atom. The Morgan fingerprint density at radius 2 is 1.66 bits per heavy atom. The number of hydrogen-bond donors (Lipinski definition) is 4. The summed E-state index contributed by atoms with van der Waals surface area (Å²) in [6.07, 6.45) is 0.729. The van der Waals surface area contributed by atoms with Gasteiger partial charge in [0.15, 0.2) is 0 Å². The zero-order chi connectivity index (χ0) is 22.7. The van der Waals surface area contributed by atoms with Crippen LogP contribution in [0.5, 0.6) is 0 Å². The van der Waals surface area contributed by atoms with Gasteiger partial charge in [-0.2, -0.15) is 0 Å². The molecular formula is C25H23N5O2. The minimum Gasteiger partial charge on any atom is -0.384 e. The van der Waals surface area contributed by atoms with E-state index in [9.17, 15) is 9.59 Å². The van der Waals surface area contributed by atoms with Gasteiger partial charge in [-0.3, -0.25) is 15.0 Å². The molecule has 0 aliphatic carbocycles. The second-order valence-electron chi connectivity index (χ2n) is 7.50. The molecule has 6 N–H and O–H groups in total. The Morgan fingerprint density at radius 1 is 0.875 bits per heavy atom. The largest absolute Gasteiger partial charge is 0.384 e. The van der Waals surface area contributed by atoms with Gasteiger partial charge in [0.05, 0.1) is 0 Å². The molecule has 0 radical (unpaired) electrons. The van der Waals surface area contributed by atoms with Crippen LogP contribution in [0.2, 0.25) is 0 Å². The monoisotopic (exact) mass is 425 g/mol. The van der Waals surface area contributed by atoms with Crippen LogP contribution in [0, 0.1) is 5.41 Å². The number of aryl methyl sites for hydroxylation is 2. The third-order valence-electron chi connectivity index (χ3n) is 5.32. The molecule has 4 rings (SSSR count). The minimum absolute atomic E-state index is 0.0306. The van der Waals surface area contributed by atoms with Crippen molar-refractivity contribution in [2.24, 2.45) is 11.5 Å². The van der Waals surface area contributed by atoms with Gasteiger partial charge in [0.25, 0.3) is 5.91 Å². The Hall–Kier alpha value is -4.39. The van der Waals surface area contributed by atoms with Crippen LogP contribution in [0.15, 0.2) is 78.9 Å². The maximum absolute atomic E-state index is 13.2.